The first-order chi connectivity index (χ1) is 14.3. The van der Waals surface area contributed by atoms with Gasteiger partial charge < -0.3 is 0 Å². The van der Waals surface area contributed by atoms with Crippen molar-refractivity contribution in [2.45, 2.75) is 123 Å². The van der Waals surface area contributed by atoms with Crippen LogP contribution < -0.4 is 0 Å². The van der Waals surface area contributed by atoms with Gasteiger partial charge in [0.2, 0.25) is 0 Å². The van der Waals surface area contributed by atoms with Crippen LogP contribution >= 0.6 is 11.6 Å². The van der Waals surface area contributed by atoms with Crippen molar-refractivity contribution in [2.75, 3.05) is 13.1 Å². The minimum Gasteiger partial charge on any atom is -0.299 e. The van der Waals surface area contributed by atoms with Gasteiger partial charge in [-0.05, 0) is 43.6 Å². The van der Waals surface area contributed by atoms with E-state index in [1.54, 1.807) is 0 Å². The average Bonchev–Trinajstić information content (AvgIpc) is 2.73. The van der Waals surface area contributed by atoms with Crippen molar-refractivity contribution in [3.8, 4) is 0 Å². The molecule has 0 N–H and O–H groups in total. The lowest BCUT2D eigenvalue weighted by molar-refractivity contribution is 0.252. The zero-order valence-electron chi connectivity index (χ0n) is 19.6. The molecule has 1 aromatic carbocycles. The number of halogens is 1. The Morgan fingerprint density at radius 1 is 0.552 bits per heavy atom. The quantitative estimate of drug-likeness (QED) is 0.189. The molecule has 0 aliphatic heterocycles. The summed E-state index contributed by atoms with van der Waals surface area (Å²) >= 11 is 6.06. The predicted octanol–water partition coefficient (Wildman–Crippen LogP) is 9.42. The minimum atomic E-state index is 0.839. The fourth-order valence-electron chi connectivity index (χ4n) is 4.06. The summed E-state index contributed by atoms with van der Waals surface area (Å²) in [6.45, 7) is 8.15. The normalized spacial score (nSPS) is 11.4. The third-order valence-electron chi connectivity index (χ3n) is 5.98. The molecule has 0 saturated heterocycles. The van der Waals surface area contributed by atoms with Crippen LogP contribution in [0.1, 0.15) is 122 Å². The first kappa shape index (κ1) is 26.5. The molecule has 1 aromatic rings. The van der Waals surface area contributed by atoms with E-state index in [-0.39, 0.29) is 0 Å². The fourth-order valence-corrected chi connectivity index (χ4v) is 4.18. The summed E-state index contributed by atoms with van der Waals surface area (Å²) in [5.74, 6) is 0. The van der Waals surface area contributed by atoms with E-state index in [1.807, 2.05) is 12.1 Å². The molecule has 168 valence electrons. The zero-order valence-corrected chi connectivity index (χ0v) is 20.3. The van der Waals surface area contributed by atoms with E-state index in [0.717, 1.165) is 11.6 Å². The van der Waals surface area contributed by atoms with Gasteiger partial charge in [0, 0.05) is 11.6 Å². The van der Waals surface area contributed by atoms with Gasteiger partial charge in [-0.2, -0.15) is 0 Å². The first-order valence-electron chi connectivity index (χ1n) is 12.7. The largest absolute Gasteiger partial charge is 0.299 e. The fraction of sp³-hybridized carbons (Fsp3) is 0.778. The van der Waals surface area contributed by atoms with Crippen molar-refractivity contribution in [3.63, 3.8) is 0 Å². The first-order valence-corrected chi connectivity index (χ1v) is 13.1. The molecule has 1 nitrogen and oxygen atoms in total. The van der Waals surface area contributed by atoms with Crippen molar-refractivity contribution < 1.29 is 0 Å². The van der Waals surface area contributed by atoms with Crippen molar-refractivity contribution >= 4 is 11.6 Å². The second-order valence-corrected chi connectivity index (χ2v) is 9.29. The molecule has 0 heterocycles. The number of hydrogen-bond acceptors (Lipinski definition) is 1. The van der Waals surface area contributed by atoms with Gasteiger partial charge in [-0.15, -0.1) is 0 Å². The molecule has 0 aliphatic carbocycles. The Kier molecular flexibility index (Phi) is 17.8. The van der Waals surface area contributed by atoms with Crippen LogP contribution in [0.2, 0.25) is 5.02 Å². The molecule has 2 heteroatoms. The van der Waals surface area contributed by atoms with Crippen LogP contribution in [0.15, 0.2) is 24.3 Å². The summed E-state index contributed by atoms with van der Waals surface area (Å²) in [4.78, 5) is 2.68. The number of nitrogens with zero attached hydrogens (tertiary/aromatic N) is 1. The topological polar surface area (TPSA) is 3.24 Å². The highest BCUT2D eigenvalue weighted by Crippen LogP contribution is 2.15. The van der Waals surface area contributed by atoms with Crippen LogP contribution in [0.25, 0.3) is 0 Å². The Bertz CT molecular complexity index is 436. The number of unbranched alkanes of at least 4 members (excludes halogenated alkanes) is 14. The van der Waals surface area contributed by atoms with Crippen molar-refractivity contribution in [2.24, 2.45) is 0 Å². The number of rotatable bonds is 20. The SMILES string of the molecule is CCCCCCCCCCN(CCCCCCCCCC)Cc1ccc(Cl)cc1. The van der Waals surface area contributed by atoms with E-state index in [1.165, 1.54) is 121 Å². The van der Waals surface area contributed by atoms with Crippen LogP contribution in [-0.2, 0) is 6.54 Å². The lowest BCUT2D eigenvalue weighted by Crippen LogP contribution is -2.25. The van der Waals surface area contributed by atoms with Gasteiger partial charge in [-0.25, -0.2) is 0 Å². The average molecular weight is 422 g/mol. The summed E-state index contributed by atoms with van der Waals surface area (Å²) in [7, 11) is 0. The van der Waals surface area contributed by atoms with Crippen LogP contribution in [0.5, 0.6) is 0 Å². The Balaban J connectivity index is 2.23. The van der Waals surface area contributed by atoms with E-state index in [9.17, 15) is 0 Å². The highest BCUT2D eigenvalue weighted by molar-refractivity contribution is 6.30. The third kappa shape index (κ3) is 15.9. The smallest absolute Gasteiger partial charge is 0.0406 e. The van der Waals surface area contributed by atoms with Crippen LogP contribution in [0.3, 0.4) is 0 Å². The third-order valence-corrected chi connectivity index (χ3v) is 6.23. The molecule has 1 rings (SSSR count). The minimum absolute atomic E-state index is 0.839. The maximum Gasteiger partial charge on any atom is 0.0406 e. The Labute approximate surface area is 187 Å². The highest BCUT2D eigenvalue weighted by Gasteiger charge is 2.06. The molecule has 0 aliphatic rings. The van der Waals surface area contributed by atoms with E-state index in [4.69, 9.17) is 11.6 Å². The van der Waals surface area contributed by atoms with Gasteiger partial charge in [-0.1, -0.05) is 127 Å². The summed E-state index contributed by atoms with van der Waals surface area (Å²) in [5, 5.41) is 0.839. The molecule has 0 bridgehead atoms. The Morgan fingerprint density at radius 2 is 0.931 bits per heavy atom. The summed E-state index contributed by atoms with van der Waals surface area (Å²) < 4.78 is 0. The lowest BCUT2D eigenvalue weighted by atomic mass is 10.1. The van der Waals surface area contributed by atoms with Crippen molar-refractivity contribution in [1.82, 2.24) is 4.90 Å². The van der Waals surface area contributed by atoms with Gasteiger partial charge in [0.15, 0.2) is 0 Å². The van der Waals surface area contributed by atoms with Gasteiger partial charge >= 0.3 is 0 Å². The van der Waals surface area contributed by atoms with Gasteiger partial charge in [0.05, 0.1) is 0 Å². The molecular formula is C27H48ClN. The maximum atomic E-state index is 6.06. The lowest BCUT2D eigenvalue weighted by Gasteiger charge is -2.22. The van der Waals surface area contributed by atoms with Gasteiger partial charge in [0.1, 0.15) is 0 Å². The molecule has 0 unspecified atom stereocenters. The Morgan fingerprint density at radius 3 is 1.34 bits per heavy atom. The molecule has 0 aromatic heterocycles. The molecule has 0 saturated carbocycles. The summed E-state index contributed by atoms with van der Waals surface area (Å²) in [6, 6.07) is 8.44. The van der Waals surface area contributed by atoms with E-state index in [2.05, 4.69) is 30.9 Å². The predicted molar refractivity (Wildman–Crippen MR) is 132 cm³/mol. The number of hydrogen-bond donors (Lipinski definition) is 0. The molecule has 29 heavy (non-hydrogen) atoms. The maximum absolute atomic E-state index is 6.06. The van der Waals surface area contributed by atoms with Crippen molar-refractivity contribution in [3.05, 3.63) is 34.9 Å². The summed E-state index contributed by atoms with van der Waals surface area (Å²) in [5.41, 5.74) is 1.40. The molecule has 0 spiro atoms. The Hall–Kier alpha value is -0.530. The second kappa shape index (κ2) is 19.4. The molecule has 0 radical (unpaired) electrons. The number of benzene rings is 1. The van der Waals surface area contributed by atoms with Crippen LogP contribution in [-0.4, -0.2) is 18.0 Å². The molecule has 0 fully saturated rings. The zero-order chi connectivity index (χ0) is 21.0. The van der Waals surface area contributed by atoms with E-state index >= 15 is 0 Å². The van der Waals surface area contributed by atoms with Gasteiger partial charge in [0.25, 0.3) is 0 Å². The van der Waals surface area contributed by atoms with Crippen molar-refractivity contribution in [1.29, 1.82) is 0 Å². The van der Waals surface area contributed by atoms with E-state index < -0.39 is 0 Å². The van der Waals surface area contributed by atoms with Crippen LogP contribution in [0, 0.1) is 0 Å². The monoisotopic (exact) mass is 421 g/mol. The molecule has 0 amide bonds. The van der Waals surface area contributed by atoms with Crippen LogP contribution in [0.4, 0.5) is 0 Å². The molecular weight excluding hydrogens is 374 g/mol. The highest BCUT2D eigenvalue weighted by atomic mass is 35.5. The summed E-state index contributed by atoms with van der Waals surface area (Å²) in [6.07, 6.45) is 22.4. The van der Waals surface area contributed by atoms with Gasteiger partial charge in [-0.3, -0.25) is 4.90 Å². The second-order valence-electron chi connectivity index (χ2n) is 8.85. The van der Waals surface area contributed by atoms with E-state index in [0.29, 0.717) is 0 Å². The standard InChI is InChI=1S/C27H48ClN/c1-3-5-7-9-11-13-15-17-23-29(25-26-19-21-27(28)22-20-26)24-18-16-14-12-10-8-6-4-2/h19-22H,3-18,23-25H2,1-2H3. The molecule has 0 atom stereocenters.